The maximum Gasteiger partial charge on any atom is 0.227 e. The second-order valence-electron chi connectivity index (χ2n) is 6.45. The Kier molecular flexibility index (Phi) is 5.61. The Bertz CT molecular complexity index is 923. The predicted molar refractivity (Wildman–Crippen MR) is 107 cm³/mol. The third kappa shape index (κ3) is 4.36. The first-order valence-corrected chi connectivity index (χ1v) is 9.86. The third-order valence-electron chi connectivity index (χ3n) is 4.57. The normalized spacial score (nSPS) is 14.3. The molecule has 2 aromatic heterocycles. The molecule has 0 radical (unpaired) electrons. The van der Waals surface area contributed by atoms with Crippen LogP contribution in [0, 0.1) is 0 Å². The summed E-state index contributed by atoms with van der Waals surface area (Å²) >= 11 is 3.34. The quantitative estimate of drug-likeness (QED) is 0.599. The number of halogens is 1. The minimum atomic E-state index is 0.0934. The molecule has 0 saturated carbocycles. The summed E-state index contributed by atoms with van der Waals surface area (Å²) in [7, 11) is 0. The molecule has 0 bridgehead atoms. The zero-order chi connectivity index (χ0) is 19.3. The van der Waals surface area contributed by atoms with Crippen molar-refractivity contribution in [2.45, 2.75) is 12.8 Å². The molecule has 0 N–H and O–H groups in total. The monoisotopic (exact) mass is 442 g/mol. The van der Waals surface area contributed by atoms with E-state index in [1.54, 1.807) is 12.4 Å². The summed E-state index contributed by atoms with van der Waals surface area (Å²) in [6.07, 6.45) is 4.25. The van der Waals surface area contributed by atoms with Crippen molar-refractivity contribution in [2.24, 2.45) is 0 Å². The van der Waals surface area contributed by atoms with Crippen LogP contribution in [0.1, 0.15) is 12.3 Å². The van der Waals surface area contributed by atoms with Gasteiger partial charge in [-0.3, -0.25) is 4.79 Å². The summed E-state index contributed by atoms with van der Waals surface area (Å²) < 4.78 is 6.13. The first kappa shape index (κ1) is 18.5. The zero-order valence-corrected chi connectivity index (χ0v) is 16.7. The van der Waals surface area contributed by atoms with Gasteiger partial charge in [0.1, 0.15) is 0 Å². The highest BCUT2D eigenvalue weighted by Crippen LogP contribution is 2.17. The van der Waals surface area contributed by atoms with Crippen LogP contribution in [-0.2, 0) is 11.2 Å². The van der Waals surface area contributed by atoms with Crippen LogP contribution >= 0.6 is 15.9 Å². The molecule has 4 rings (SSSR count). The lowest BCUT2D eigenvalue weighted by atomic mass is 10.2. The molecule has 1 amide bonds. The van der Waals surface area contributed by atoms with Crippen LogP contribution < -0.4 is 4.90 Å². The molecule has 8 nitrogen and oxygen atoms in total. The summed E-state index contributed by atoms with van der Waals surface area (Å²) in [5, 5.41) is 3.99. The predicted octanol–water partition coefficient (Wildman–Crippen LogP) is 2.57. The van der Waals surface area contributed by atoms with Gasteiger partial charge in [-0.25, -0.2) is 9.97 Å². The number of hydrogen-bond acceptors (Lipinski definition) is 7. The van der Waals surface area contributed by atoms with Gasteiger partial charge in [0.25, 0.3) is 0 Å². The highest BCUT2D eigenvalue weighted by Gasteiger charge is 2.23. The lowest BCUT2D eigenvalue weighted by Crippen LogP contribution is -2.49. The Morgan fingerprint density at radius 1 is 1.07 bits per heavy atom. The molecule has 1 aromatic carbocycles. The number of nitrogens with zero attached hydrogens (tertiary/aromatic N) is 6. The van der Waals surface area contributed by atoms with Gasteiger partial charge in [-0.15, -0.1) is 0 Å². The van der Waals surface area contributed by atoms with Crippen LogP contribution in [0.3, 0.4) is 0 Å². The Labute approximate surface area is 170 Å². The average Bonchev–Trinajstić information content (AvgIpc) is 3.22. The van der Waals surface area contributed by atoms with Crippen LogP contribution in [0.2, 0.25) is 0 Å². The first-order valence-electron chi connectivity index (χ1n) is 9.07. The lowest BCUT2D eigenvalue weighted by Gasteiger charge is -2.34. The number of hydrogen-bond donors (Lipinski definition) is 0. The van der Waals surface area contributed by atoms with Crippen molar-refractivity contribution in [1.82, 2.24) is 25.0 Å². The molecule has 1 aliphatic heterocycles. The molecular formula is C19H19BrN6O2. The van der Waals surface area contributed by atoms with Crippen molar-refractivity contribution in [3.8, 4) is 11.4 Å². The van der Waals surface area contributed by atoms with Crippen LogP contribution in [0.25, 0.3) is 11.4 Å². The van der Waals surface area contributed by atoms with E-state index in [-0.39, 0.29) is 5.91 Å². The fourth-order valence-corrected chi connectivity index (χ4v) is 3.26. The number of rotatable bonds is 5. The molecule has 0 aliphatic carbocycles. The van der Waals surface area contributed by atoms with Crippen molar-refractivity contribution in [1.29, 1.82) is 0 Å². The third-order valence-corrected chi connectivity index (χ3v) is 4.98. The van der Waals surface area contributed by atoms with Crippen molar-refractivity contribution in [3.63, 3.8) is 0 Å². The van der Waals surface area contributed by atoms with Gasteiger partial charge in [-0.2, -0.15) is 4.98 Å². The molecule has 0 spiro atoms. The van der Waals surface area contributed by atoms with E-state index in [1.165, 1.54) is 0 Å². The zero-order valence-electron chi connectivity index (χ0n) is 15.2. The summed E-state index contributed by atoms with van der Waals surface area (Å²) in [6, 6.07) is 9.64. The van der Waals surface area contributed by atoms with Crippen LogP contribution in [0.15, 0.2) is 51.7 Å². The van der Waals surface area contributed by atoms with Gasteiger partial charge in [0, 0.05) is 57.0 Å². The van der Waals surface area contributed by atoms with E-state index in [0.29, 0.717) is 56.7 Å². The van der Waals surface area contributed by atoms with E-state index >= 15 is 0 Å². The molecule has 3 aromatic rings. The molecule has 3 heterocycles. The first-order chi connectivity index (χ1) is 13.7. The van der Waals surface area contributed by atoms with Gasteiger partial charge in [0.2, 0.25) is 23.6 Å². The topological polar surface area (TPSA) is 88.3 Å². The lowest BCUT2D eigenvalue weighted by molar-refractivity contribution is -0.131. The summed E-state index contributed by atoms with van der Waals surface area (Å²) in [5.74, 6) is 1.81. The molecule has 0 atom stereocenters. The molecule has 28 heavy (non-hydrogen) atoms. The number of carbonyl (C=O) groups is 1. The summed E-state index contributed by atoms with van der Waals surface area (Å²) in [4.78, 5) is 29.5. The van der Waals surface area contributed by atoms with E-state index < -0.39 is 0 Å². The van der Waals surface area contributed by atoms with E-state index in [4.69, 9.17) is 4.52 Å². The SMILES string of the molecule is O=C(CCc1nc(-c2ccccc2)no1)N1CCN(c2ncc(Br)cn2)CC1. The van der Waals surface area contributed by atoms with Crippen LogP contribution in [0.5, 0.6) is 0 Å². The highest BCUT2D eigenvalue weighted by molar-refractivity contribution is 9.10. The van der Waals surface area contributed by atoms with Crippen molar-refractivity contribution < 1.29 is 9.32 Å². The van der Waals surface area contributed by atoms with Gasteiger partial charge >= 0.3 is 0 Å². The Morgan fingerprint density at radius 3 is 2.50 bits per heavy atom. The maximum absolute atomic E-state index is 12.5. The van der Waals surface area contributed by atoms with E-state index in [1.807, 2.05) is 35.2 Å². The van der Waals surface area contributed by atoms with Crippen LogP contribution in [0.4, 0.5) is 5.95 Å². The molecule has 1 aliphatic rings. The van der Waals surface area contributed by atoms with Crippen molar-refractivity contribution in [2.75, 3.05) is 31.1 Å². The number of carbonyl (C=O) groups excluding carboxylic acids is 1. The number of benzene rings is 1. The Hall–Kier alpha value is -2.81. The van der Waals surface area contributed by atoms with Crippen molar-refractivity contribution in [3.05, 3.63) is 53.1 Å². The van der Waals surface area contributed by atoms with E-state index in [9.17, 15) is 4.79 Å². The Balaban J connectivity index is 1.27. The minimum absolute atomic E-state index is 0.0934. The number of aromatic nitrogens is 4. The number of anilines is 1. The van der Waals surface area contributed by atoms with E-state index in [0.717, 1.165) is 10.0 Å². The van der Waals surface area contributed by atoms with E-state index in [2.05, 4.69) is 40.9 Å². The second-order valence-corrected chi connectivity index (χ2v) is 7.36. The smallest absolute Gasteiger partial charge is 0.227 e. The molecule has 1 fully saturated rings. The molecule has 0 unspecified atom stereocenters. The van der Waals surface area contributed by atoms with Crippen molar-refractivity contribution >= 4 is 27.8 Å². The fraction of sp³-hybridized carbons (Fsp3) is 0.316. The minimum Gasteiger partial charge on any atom is -0.339 e. The fourth-order valence-electron chi connectivity index (χ4n) is 3.06. The van der Waals surface area contributed by atoms with Gasteiger partial charge < -0.3 is 14.3 Å². The van der Waals surface area contributed by atoms with Gasteiger partial charge in [-0.05, 0) is 15.9 Å². The van der Waals surface area contributed by atoms with Crippen LogP contribution in [-0.4, -0.2) is 57.1 Å². The Morgan fingerprint density at radius 2 is 1.79 bits per heavy atom. The van der Waals surface area contributed by atoms with Gasteiger partial charge in [0.05, 0.1) is 4.47 Å². The average molecular weight is 443 g/mol. The largest absolute Gasteiger partial charge is 0.339 e. The molecule has 9 heteroatoms. The molecule has 1 saturated heterocycles. The maximum atomic E-state index is 12.5. The number of piperazine rings is 1. The number of aryl methyl sites for hydroxylation is 1. The summed E-state index contributed by atoms with van der Waals surface area (Å²) in [6.45, 7) is 2.73. The number of amides is 1. The molecule has 144 valence electrons. The standard InChI is InChI=1S/C19H19BrN6O2/c20-15-12-21-19(22-13-15)26-10-8-25(9-11-26)17(27)7-6-16-23-18(24-28-16)14-4-2-1-3-5-14/h1-5,12-13H,6-11H2. The highest BCUT2D eigenvalue weighted by atomic mass is 79.9. The van der Waals surface area contributed by atoms with Gasteiger partial charge in [-0.1, -0.05) is 35.5 Å². The summed E-state index contributed by atoms with van der Waals surface area (Å²) in [5.41, 5.74) is 0.898. The second kappa shape index (κ2) is 8.47. The van der Waals surface area contributed by atoms with Gasteiger partial charge in [0.15, 0.2) is 0 Å². The molecular weight excluding hydrogens is 424 g/mol.